The molecule has 0 bridgehead atoms. The van der Waals surface area contributed by atoms with E-state index >= 15 is 0 Å². The van der Waals surface area contributed by atoms with E-state index in [1.165, 1.54) is 24.8 Å². The fourth-order valence-electron chi connectivity index (χ4n) is 3.55. The van der Waals surface area contributed by atoms with E-state index in [2.05, 4.69) is 36.9 Å². The molecule has 1 unspecified atom stereocenters. The second-order valence-electron chi connectivity index (χ2n) is 7.47. The summed E-state index contributed by atoms with van der Waals surface area (Å²) < 4.78 is 40.7. The Morgan fingerprint density at radius 3 is 2.97 bits per heavy atom. The Bertz CT molecular complexity index is 1140. The number of pyridine rings is 2. The van der Waals surface area contributed by atoms with Gasteiger partial charge in [0.2, 0.25) is 0 Å². The molecule has 1 fully saturated rings. The van der Waals surface area contributed by atoms with Crippen LogP contribution in [0.25, 0.3) is 11.3 Å². The molecule has 32 heavy (non-hydrogen) atoms. The SMILES string of the molecule is C[C@]1(CNc2cc(-c3cncc(OC(F)F)c3)ncn2)SC1c1ccnc2c1OCCO2. The highest BCUT2D eigenvalue weighted by molar-refractivity contribution is 8.08. The quantitative estimate of drug-likeness (QED) is 0.527. The fourth-order valence-corrected chi connectivity index (χ4v) is 4.69. The van der Waals surface area contributed by atoms with Gasteiger partial charge in [0.1, 0.15) is 31.1 Å². The van der Waals surface area contributed by atoms with Crippen molar-refractivity contribution in [3.05, 3.63) is 48.7 Å². The van der Waals surface area contributed by atoms with Crippen LogP contribution in [-0.4, -0.2) is 51.1 Å². The number of fused-ring (bicyclic) bond motifs is 1. The van der Waals surface area contributed by atoms with Crippen LogP contribution in [0, 0.1) is 0 Å². The highest BCUT2D eigenvalue weighted by atomic mass is 32.2. The van der Waals surface area contributed by atoms with Gasteiger partial charge in [-0.05, 0) is 19.1 Å². The maximum atomic E-state index is 12.5. The Hall–Kier alpha value is -3.21. The summed E-state index contributed by atoms with van der Waals surface area (Å²) in [6, 6.07) is 5.19. The van der Waals surface area contributed by atoms with Gasteiger partial charge in [-0.3, -0.25) is 4.98 Å². The molecule has 0 saturated carbocycles. The standard InChI is InChI=1S/C21H19F2N5O3S/c1-21(18(32-21)14-2-3-25-19-17(14)29-4-5-30-19)10-26-16-7-15(27-11-28-16)12-6-13(9-24-8-12)31-20(22)23/h2-3,6-9,11,18,20H,4-5,10H2,1H3,(H,26,27,28)/t18?,21-/m1/s1. The van der Waals surface area contributed by atoms with Crippen molar-refractivity contribution in [2.75, 3.05) is 25.1 Å². The van der Waals surface area contributed by atoms with Crippen LogP contribution in [0.15, 0.2) is 43.1 Å². The number of nitrogens with zero attached hydrogens (tertiary/aromatic N) is 4. The molecule has 0 aromatic carbocycles. The summed E-state index contributed by atoms with van der Waals surface area (Å²) in [5.74, 6) is 1.87. The molecule has 8 nitrogen and oxygen atoms in total. The third-order valence-electron chi connectivity index (χ3n) is 5.16. The molecule has 166 valence electrons. The zero-order chi connectivity index (χ0) is 22.1. The first-order valence-electron chi connectivity index (χ1n) is 9.90. The van der Waals surface area contributed by atoms with Gasteiger partial charge in [-0.15, -0.1) is 11.8 Å². The second-order valence-corrected chi connectivity index (χ2v) is 9.11. The zero-order valence-electron chi connectivity index (χ0n) is 17.0. The first kappa shape index (κ1) is 20.7. The summed E-state index contributed by atoms with van der Waals surface area (Å²) >= 11 is 1.83. The smallest absolute Gasteiger partial charge is 0.387 e. The Kier molecular flexibility index (Phi) is 5.41. The van der Waals surface area contributed by atoms with Gasteiger partial charge in [0.05, 0.1) is 17.1 Å². The number of rotatable bonds is 7. The number of hydrogen-bond donors (Lipinski definition) is 1. The molecule has 0 amide bonds. The van der Waals surface area contributed by atoms with Crippen molar-refractivity contribution in [2.24, 2.45) is 0 Å². The van der Waals surface area contributed by atoms with E-state index in [1.807, 2.05) is 17.8 Å². The Labute approximate surface area is 186 Å². The maximum absolute atomic E-state index is 12.5. The fraction of sp³-hybridized carbons (Fsp3) is 0.333. The largest absolute Gasteiger partial charge is 0.484 e. The van der Waals surface area contributed by atoms with Crippen LogP contribution in [0.3, 0.4) is 0 Å². The van der Waals surface area contributed by atoms with Gasteiger partial charge in [0, 0.05) is 40.9 Å². The van der Waals surface area contributed by atoms with Crippen molar-refractivity contribution in [2.45, 2.75) is 23.5 Å². The summed E-state index contributed by atoms with van der Waals surface area (Å²) in [5, 5.41) is 3.59. The lowest BCUT2D eigenvalue weighted by atomic mass is 10.0. The number of nitrogens with one attached hydrogen (secondary N) is 1. The van der Waals surface area contributed by atoms with Crippen molar-refractivity contribution in [3.63, 3.8) is 0 Å². The Morgan fingerprint density at radius 2 is 2.09 bits per heavy atom. The number of halogens is 2. The lowest BCUT2D eigenvalue weighted by Crippen LogP contribution is -2.21. The Balaban J connectivity index is 1.28. The topological polar surface area (TPSA) is 91.3 Å². The minimum atomic E-state index is -2.91. The van der Waals surface area contributed by atoms with Crippen LogP contribution >= 0.6 is 11.8 Å². The second kappa shape index (κ2) is 8.38. The third kappa shape index (κ3) is 4.24. The minimum Gasteiger partial charge on any atom is -0.484 e. The summed E-state index contributed by atoms with van der Waals surface area (Å²) in [6.07, 6.45) is 5.93. The van der Waals surface area contributed by atoms with Gasteiger partial charge in [0.25, 0.3) is 5.88 Å². The van der Waals surface area contributed by atoms with Gasteiger partial charge in [-0.2, -0.15) is 8.78 Å². The number of hydrogen-bond acceptors (Lipinski definition) is 9. The van der Waals surface area contributed by atoms with Crippen molar-refractivity contribution >= 4 is 17.6 Å². The van der Waals surface area contributed by atoms with Crippen LogP contribution in [0.4, 0.5) is 14.6 Å². The van der Waals surface area contributed by atoms with Crippen molar-refractivity contribution < 1.29 is 23.0 Å². The number of alkyl halides is 2. The van der Waals surface area contributed by atoms with Crippen molar-refractivity contribution in [1.29, 1.82) is 0 Å². The average Bonchev–Trinajstić information content (AvgIpc) is 3.48. The van der Waals surface area contributed by atoms with Crippen LogP contribution in [0.5, 0.6) is 17.4 Å². The van der Waals surface area contributed by atoms with E-state index in [4.69, 9.17) is 9.47 Å². The van der Waals surface area contributed by atoms with Gasteiger partial charge >= 0.3 is 6.61 Å². The molecule has 3 aromatic rings. The lowest BCUT2D eigenvalue weighted by molar-refractivity contribution is -0.0500. The molecule has 3 aromatic heterocycles. The lowest BCUT2D eigenvalue weighted by Gasteiger charge is -2.20. The molecule has 0 spiro atoms. The summed E-state index contributed by atoms with van der Waals surface area (Å²) in [4.78, 5) is 16.7. The molecule has 11 heteroatoms. The molecule has 2 atom stereocenters. The monoisotopic (exact) mass is 459 g/mol. The van der Waals surface area contributed by atoms with Gasteiger partial charge in [-0.25, -0.2) is 15.0 Å². The number of anilines is 1. The summed E-state index contributed by atoms with van der Waals surface area (Å²) in [5.41, 5.74) is 2.18. The van der Waals surface area contributed by atoms with Gasteiger partial charge in [0.15, 0.2) is 5.75 Å². The molecule has 2 aliphatic rings. The number of aromatic nitrogens is 4. The van der Waals surface area contributed by atoms with E-state index in [0.29, 0.717) is 42.7 Å². The van der Waals surface area contributed by atoms with Crippen molar-refractivity contribution in [3.8, 4) is 28.6 Å². The van der Waals surface area contributed by atoms with Crippen molar-refractivity contribution in [1.82, 2.24) is 19.9 Å². The number of thioether (sulfide) groups is 1. The molecule has 0 aliphatic carbocycles. The molecular weight excluding hydrogens is 440 g/mol. The number of ether oxygens (including phenoxy) is 3. The predicted molar refractivity (Wildman–Crippen MR) is 114 cm³/mol. The molecule has 1 saturated heterocycles. The van der Waals surface area contributed by atoms with E-state index in [9.17, 15) is 8.78 Å². The third-order valence-corrected chi connectivity index (χ3v) is 6.83. The highest BCUT2D eigenvalue weighted by Gasteiger charge is 2.53. The normalized spacial score (nSPS) is 21.3. The maximum Gasteiger partial charge on any atom is 0.387 e. The van der Waals surface area contributed by atoms with Crippen LogP contribution in [0.1, 0.15) is 17.7 Å². The molecule has 5 heterocycles. The molecule has 2 aliphatic heterocycles. The first-order chi connectivity index (χ1) is 15.5. The van der Waals surface area contributed by atoms with E-state index in [1.54, 1.807) is 12.3 Å². The average molecular weight is 459 g/mol. The zero-order valence-corrected chi connectivity index (χ0v) is 17.8. The van der Waals surface area contributed by atoms with Crippen LogP contribution in [0.2, 0.25) is 0 Å². The summed E-state index contributed by atoms with van der Waals surface area (Å²) in [7, 11) is 0. The minimum absolute atomic E-state index is 0.0257. The van der Waals surface area contributed by atoms with Crippen LogP contribution in [-0.2, 0) is 0 Å². The highest BCUT2D eigenvalue weighted by Crippen LogP contribution is 2.66. The molecular formula is C21H19F2N5O3S. The molecule has 1 N–H and O–H groups in total. The molecule has 5 rings (SSSR count). The van der Waals surface area contributed by atoms with E-state index in [0.717, 1.165) is 11.3 Å². The predicted octanol–water partition coefficient (Wildman–Crippen LogP) is 3.96. The first-order valence-corrected chi connectivity index (χ1v) is 10.8. The Morgan fingerprint density at radius 1 is 1.22 bits per heavy atom. The van der Waals surface area contributed by atoms with Gasteiger partial charge < -0.3 is 19.5 Å². The van der Waals surface area contributed by atoms with Crippen LogP contribution < -0.4 is 19.5 Å². The summed E-state index contributed by atoms with van der Waals surface area (Å²) in [6.45, 7) is 0.928. The van der Waals surface area contributed by atoms with Gasteiger partial charge in [-0.1, -0.05) is 0 Å². The van der Waals surface area contributed by atoms with E-state index < -0.39 is 6.61 Å². The molecule has 0 radical (unpaired) electrons. The van der Waals surface area contributed by atoms with E-state index in [-0.39, 0.29) is 15.7 Å².